The van der Waals surface area contributed by atoms with Crippen molar-refractivity contribution < 1.29 is 9.53 Å². The van der Waals surface area contributed by atoms with Gasteiger partial charge in [0.25, 0.3) is 5.91 Å². The van der Waals surface area contributed by atoms with E-state index in [1.54, 1.807) is 0 Å². The highest BCUT2D eigenvalue weighted by Gasteiger charge is 2.17. The summed E-state index contributed by atoms with van der Waals surface area (Å²) in [6.45, 7) is 1.94. The molecule has 0 aliphatic carbocycles. The quantitative estimate of drug-likeness (QED) is 0.437. The van der Waals surface area contributed by atoms with Crippen LogP contribution in [0.2, 0.25) is 0 Å². The number of nitrogens with zero attached hydrogens (tertiary/aromatic N) is 1. The zero-order valence-corrected chi connectivity index (χ0v) is 13.3. The molecule has 2 N–H and O–H groups in total. The van der Waals surface area contributed by atoms with Gasteiger partial charge >= 0.3 is 0 Å². The first-order valence-electron chi connectivity index (χ1n) is 8.07. The van der Waals surface area contributed by atoms with Crippen molar-refractivity contribution in [2.75, 3.05) is 19.7 Å². The summed E-state index contributed by atoms with van der Waals surface area (Å²) >= 11 is 0. The van der Waals surface area contributed by atoms with Crippen molar-refractivity contribution in [3.05, 3.63) is 47.7 Å². The molecule has 1 saturated heterocycles. The lowest BCUT2D eigenvalue weighted by atomic mass is 10.1. The van der Waals surface area contributed by atoms with Crippen LogP contribution in [-0.4, -0.2) is 31.7 Å². The zero-order chi connectivity index (χ0) is 16.3. The van der Waals surface area contributed by atoms with Crippen molar-refractivity contribution >= 4 is 5.91 Å². The van der Waals surface area contributed by atoms with Crippen LogP contribution in [0.5, 0.6) is 0 Å². The maximum atomic E-state index is 11.9. The second kappa shape index (κ2) is 9.65. The summed E-state index contributed by atoms with van der Waals surface area (Å²) in [4.78, 5) is 11.9. The van der Waals surface area contributed by atoms with Crippen LogP contribution in [0.1, 0.15) is 24.8 Å². The van der Waals surface area contributed by atoms with Gasteiger partial charge in [0, 0.05) is 25.9 Å². The van der Waals surface area contributed by atoms with Gasteiger partial charge in [-0.05, 0) is 31.2 Å². The summed E-state index contributed by atoms with van der Waals surface area (Å²) in [5.74, 6) is -0.349. The van der Waals surface area contributed by atoms with Crippen LogP contribution in [0.25, 0.3) is 0 Å². The molecule has 2 rings (SSSR count). The average Bonchev–Trinajstić information content (AvgIpc) is 3.10. The first-order valence-corrected chi connectivity index (χ1v) is 8.07. The van der Waals surface area contributed by atoms with E-state index in [9.17, 15) is 4.79 Å². The number of carbonyl (C=O) groups excluding carboxylic acids is 1. The minimum absolute atomic E-state index is 0.0812. The number of ether oxygens (including phenoxy) is 1. The molecule has 5 heteroatoms. The Morgan fingerprint density at radius 3 is 2.91 bits per heavy atom. The number of nitriles is 1. The highest BCUT2D eigenvalue weighted by molar-refractivity contribution is 5.97. The van der Waals surface area contributed by atoms with E-state index in [1.807, 2.05) is 24.3 Å². The molecule has 1 amide bonds. The normalized spacial score (nSPS) is 17.5. The Hall–Kier alpha value is -2.32. The SMILES string of the molecule is N#C/C(=C/NCCCc1ccccc1)C(=O)NCC1CCCO1. The van der Waals surface area contributed by atoms with E-state index in [0.717, 1.165) is 38.8 Å². The monoisotopic (exact) mass is 313 g/mol. The Labute approximate surface area is 137 Å². The molecule has 1 unspecified atom stereocenters. The summed E-state index contributed by atoms with van der Waals surface area (Å²) in [6, 6.07) is 12.2. The van der Waals surface area contributed by atoms with Gasteiger partial charge in [0.2, 0.25) is 0 Å². The predicted molar refractivity (Wildman–Crippen MR) is 88.4 cm³/mol. The maximum Gasteiger partial charge on any atom is 0.263 e. The number of aryl methyl sites for hydroxylation is 1. The molecule has 0 aromatic heterocycles. The molecule has 1 aromatic carbocycles. The molecule has 122 valence electrons. The lowest BCUT2D eigenvalue weighted by molar-refractivity contribution is -0.117. The van der Waals surface area contributed by atoms with Crippen molar-refractivity contribution in [2.24, 2.45) is 0 Å². The molecule has 0 radical (unpaired) electrons. The lowest BCUT2D eigenvalue weighted by Gasteiger charge is -2.10. The Kier molecular flexibility index (Phi) is 7.15. The molecular formula is C18H23N3O2. The molecular weight excluding hydrogens is 290 g/mol. The Morgan fingerprint density at radius 1 is 1.39 bits per heavy atom. The van der Waals surface area contributed by atoms with Crippen LogP contribution < -0.4 is 10.6 Å². The number of hydrogen-bond acceptors (Lipinski definition) is 4. The standard InChI is InChI=1S/C18H23N3O2/c19-12-16(18(22)21-14-17-9-5-11-23-17)13-20-10-4-8-15-6-2-1-3-7-15/h1-3,6-7,13,17,20H,4-5,8-11,14H2,(H,21,22)/b16-13-. The van der Waals surface area contributed by atoms with E-state index in [0.29, 0.717) is 6.54 Å². The largest absolute Gasteiger partial charge is 0.390 e. The number of carbonyl (C=O) groups is 1. The van der Waals surface area contributed by atoms with Crippen LogP contribution >= 0.6 is 0 Å². The molecule has 1 fully saturated rings. The van der Waals surface area contributed by atoms with Crippen molar-refractivity contribution in [1.82, 2.24) is 10.6 Å². The number of hydrogen-bond donors (Lipinski definition) is 2. The summed E-state index contributed by atoms with van der Waals surface area (Å²) in [5.41, 5.74) is 1.39. The van der Waals surface area contributed by atoms with Gasteiger partial charge in [-0.25, -0.2) is 0 Å². The van der Waals surface area contributed by atoms with Crippen LogP contribution in [0, 0.1) is 11.3 Å². The van der Waals surface area contributed by atoms with Crippen LogP contribution in [0.15, 0.2) is 42.1 Å². The molecule has 1 aliphatic rings. The first kappa shape index (κ1) is 17.0. The first-order chi connectivity index (χ1) is 11.3. The van der Waals surface area contributed by atoms with E-state index in [4.69, 9.17) is 10.00 Å². The third-order valence-electron chi connectivity index (χ3n) is 3.76. The van der Waals surface area contributed by atoms with Gasteiger partial charge in [-0.1, -0.05) is 30.3 Å². The third-order valence-corrected chi connectivity index (χ3v) is 3.76. The molecule has 5 nitrogen and oxygen atoms in total. The number of amides is 1. The van der Waals surface area contributed by atoms with Gasteiger partial charge in [0.15, 0.2) is 0 Å². The predicted octanol–water partition coefficient (Wildman–Crippen LogP) is 1.91. The topological polar surface area (TPSA) is 74.2 Å². The molecule has 0 bridgehead atoms. The zero-order valence-electron chi connectivity index (χ0n) is 13.3. The number of benzene rings is 1. The van der Waals surface area contributed by atoms with Crippen molar-refractivity contribution in [3.8, 4) is 6.07 Å². The van der Waals surface area contributed by atoms with Crippen LogP contribution in [0.4, 0.5) is 0 Å². The average molecular weight is 313 g/mol. The fourth-order valence-corrected chi connectivity index (χ4v) is 2.47. The van der Waals surface area contributed by atoms with E-state index >= 15 is 0 Å². The van der Waals surface area contributed by atoms with Crippen molar-refractivity contribution in [3.63, 3.8) is 0 Å². The number of rotatable bonds is 8. The molecule has 0 saturated carbocycles. The molecule has 1 heterocycles. The highest BCUT2D eigenvalue weighted by Crippen LogP contribution is 2.10. The third kappa shape index (κ3) is 6.13. The summed E-state index contributed by atoms with van der Waals surface area (Å²) < 4.78 is 5.44. The van der Waals surface area contributed by atoms with Gasteiger partial charge in [-0.3, -0.25) is 4.79 Å². The summed E-state index contributed by atoms with van der Waals surface area (Å²) in [5, 5.41) is 14.9. The second-order valence-electron chi connectivity index (χ2n) is 5.56. The minimum Gasteiger partial charge on any atom is -0.390 e. The van der Waals surface area contributed by atoms with E-state index < -0.39 is 0 Å². The Bertz CT molecular complexity index is 557. The Morgan fingerprint density at radius 2 is 2.22 bits per heavy atom. The van der Waals surface area contributed by atoms with Gasteiger partial charge in [-0.15, -0.1) is 0 Å². The molecule has 23 heavy (non-hydrogen) atoms. The van der Waals surface area contributed by atoms with Crippen molar-refractivity contribution in [1.29, 1.82) is 5.26 Å². The van der Waals surface area contributed by atoms with Crippen LogP contribution in [0.3, 0.4) is 0 Å². The summed E-state index contributed by atoms with van der Waals surface area (Å²) in [7, 11) is 0. The lowest BCUT2D eigenvalue weighted by Crippen LogP contribution is -2.33. The van der Waals surface area contributed by atoms with Gasteiger partial charge in [0.05, 0.1) is 6.10 Å². The fourth-order valence-electron chi connectivity index (χ4n) is 2.47. The van der Waals surface area contributed by atoms with Gasteiger partial charge in [0.1, 0.15) is 11.6 Å². The molecule has 1 aromatic rings. The van der Waals surface area contributed by atoms with Crippen molar-refractivity contribution in [2.45, 2.75) is 31.8 Å². The van der Waals surface area contributed by atoms with Gasteiger partial charge in [-0.2, -0.15) is 5.26 Å². The molecule has 1 aliphatic heterocycles. The second-order valence-corrected chi connectivity index (χ2v) is 5.56. The van der Waals surface area contributed by atoms with E-state index in [-0.39, 0.29) is 17.6 Å². The molecule has 0 spiro atoms. The van der Waals surface area contributed by atoms with E-state index in [1.165, 1.54) is 11.8 Å². The molecule has 1 atom stereocenters. The maximum absolute atomic E-state index is 11.9. The smallest absolute Gasteiger partial charge is 0.263 e. The van der Waals surface area contributed by atoms with Crippen LogP contribution in [-0.2, 0) is 16.0 Å². The minimum atomic E-state index is -0.349. The number of nitrogens with one attached hydrogen (secondary N) is 2. The summed E-state index contributed by atoms with van der Waals surface area (Å²) in [6.07, 6.45) is 5.48. The highest BCUT2D eigenvalue weighted by atomic mass is 16.5. The van der Waals surface area contributed by atoms with E-state index in [2.05, 4.69) is 22.8 Å². The van der Waals surface area contributed by atoms with Gasteiger partial charge < -0.3 is 15.4 Å². The fraction of sp³-hybridized carbons (Fsp3) is 0.444. The Balaban J connectivity index is 1.66.